The number of carbonyl (C=O) groups excluding carboxylic acids is 1. The summed E-state index contributed by atoms with van der Waals surface area (Å²) in [7, 11) is 0. The first-order valence-electron chi connectivity index (χ1n) is 5.73. The number of rotatable bonds is 7. The van der Waals surface area contributed by atoms with Gasteiger partial charge in [0.1, 0.15) is 11.6 Å². The molecular weight excluding hydrogens is 321 g/mol. The number of Topliss-reactive ketones (excluding diaryl/α,β-unsaturated/α-hetero) is 1. The van der Waals surface area contributed by atoms with E-state index in [9.17, 15) is 19.3 Å². The maximum absolute atomic E-state index is 13.1. The molecule has 0 saturated heterocycles. The van der Waals surface area contributed by atoms with E-state index in [1.165, 1.54) is 0 Å². The van der Waals surface area contributed by atoms with Gasteiger partial charge in [-0.25, -0.2) is 4.39 Å². The lowest BCUT2D eigenvalue weighted by Gasteiger charge is -2.08. The van der Waals surface area contributed by atoms with Gasteiger partial charge < -0.3 is 4.74 Å². The minimum absolute atomic E-state index is 0.0182. The van der Waals surface area contributed by atoms with Crippen molar-refractivity contribution in [2.24, 2.45) is 0 Å². The van der Waals surface area contributed by atoms with Gasteiger partial charge in [-0.05, 0) is 28.4 Å². The van der Waals surface area contributed by atoms with Crippen molar-refractivity contribution in [3.05, 3.63) is 32.5 Å². The molecule has 0 aliphatic rings. The molecule has 0 aliphatic carbocycles. The molecule has 19 heavy (non-hydrogen) atoms. The Balaban J connectivity index is 2.72. The average Bonchev–Trinajstić information content (AvgIpc) is 2.35. The van der Waals surface area contributed by atoms with E-state index in [0.717, 1.165) is 12.1 Å². The van der Waals surface area contributed by atoms with E-state index < -0.39 is 16.4 Å². The molecule has 0 heterocycles. The molecule has 0 fully saturated rings. The summed E-state index contributed by atoms with van der Waals surface area (Å²) in [6.07, 6.45) is 1.29. The quantitative estimate of drug-likeness (QED) is 0.434. The summed E-state index contributed by atoms with van der Waals surface area (Å²) in [5.41, 5.74) is -0.436. The van der Waals surface area contributed by atoms with Crippen LogP contribution in [0.25, 0.3) is 0 Å². The number of ketones is 1. The van der Waals surface area contributed by atoms with Gasteiger partial charge in [0, 0.05) is 12.8 Å². The molecule has 0 aromatic heterocycles. The molecule has 0 bridgehead atoms. The van der Waals surface area contributed by atoms with E-state index in [1.54, 1.807) is 6.92 Å². The van der Waals surface area contributed by atoms with Crippen LogP contribution in [0.4, 0.5) is 10.1 Å². The molecule has 0 unspecified atom stereocenters. The number of nitro groups is 1. The zero-order valence-electron chi connectivity index (χ0n) is 10.3. The van der Waals surface area contributed by atoms with Gasteiger partial charge in [-0.3, -0.25) is 14.9 Å². The number of halogens is 2. The summed E-state index contributed by atoms with van der Waals surface area (Å²) < 4.78 is 18.5. The summed E-state index contributed by atoms with van der Waals surface area (Å²) in [6, 6.07) is 1.90. The first kappa shape index (κ1) is 15.6. The van der Waals surface area contributed by atoms with Crippen LogP contribution < -0.4 is 4.74 Å². The number of hydrogen-bond acceptors (Lipinski definition) is 4. The third-order valence-corrected chi connectivity index (χ3v) is 3.02. The van der Waals surface area contributed by atoms with Crippen molar-refractivity contribution in [1.82, 2.24) is 0 Å². The van der Waals surface area contributed by atoms with Crippen LogP contribution in [0.1, 0.15) is 26.2 Å². The van der Waals surface area contributed by atoms with Gasteiger partial charge in [-0.2, -0.15) is 0 Å². The Morgan fingerprint density at radius 3 is 2.79 bits per heavy atom. The molecule has 0 radical (unpaired) electrons. The Morgan fingerprint density at radius 2 is 2.21 bits per heavy atom. The first-order chi connectivity index (χ1) is 8.95. The maximum Gasteiger partial charge on any atom is 0.315 e. The molecule has 0 atom stereocenters. The summed E-state index contributed by atoms with van der Waals surface area (Å²) in [6.45, 7) is 1.93. The van der Waals surface area contributed by atoms with Gasteiger partial charge in [0.15, 0.2) is 0 Å². The molecule has 104 valence electrons. The highest BCUT2D eigenvalue weighted by Gasteiger charge is 2.20. The van der Waals surface area contributed by atoms with Crippen LogP contribution in [-0.4, -0.2) is 17.3 Å². The van der Waals surface area contributed by atoms with E-state index in [1.807, 2.05) is 0 Å². The number of nitrogens with zero attached hydrogens (tertiary/aromatic N) is 1. The van der Waals surface area contributed by atoms with E-state index in [0.29, 0.717) is 19.3 Å². The molecule has 1 rings (SSSR count). The normalized spacial score (nSPS) is 10.3. The summed E-state index contributed by atoms with van der Waals surface area (Å²) in [5.74, 6) is -0.626. The van der Waals surface area contributed by atoms with E-state index in [-0.39, 0.29) is 22.6 Å². The Morgan fingerprint density at radius 1 is 1.53 bits per heavy atom. The molecule has 7 heteroatoms. The van der Waals surface area contributed by atoms with Gasteiger partial charge in [-0.1, -0.05) is 6.92 Å². The van der Waals surface area contributed by atoms with Gasteiger partial charge in [0.25, 0.3) is 0 Å². The second kappa shape index (κ2) is 7.18. The smallest absolute Gasteiger partial charge is 0.315 e. The minimum atomic E-state index is -0.716. The highest BCUT2D eigenvalue weighted by atomic mass is 79.9. The summed E-state index contributed by atoms with van der Waals surface area (Å²) >= 11 is 3.02. The van der Waals surface area contributed by atoms with E-state index in [2.05, 4.69) is 15.9 Å². The highest BCUT2D eigenvalue weighted by Crippen LogP contribution is 2.36. The number of hydrogen-bond donors (Lipinski definition) is 0. The van der Waals surface area contributed by atoms with Crippen LogP contribution in [0, 0.1) is 15.9 Å². The predicted octanol–water partition coefficient (Wildman–Crippen LogP) is 3.63. The van der Waals surface area contributed by atoms with Crippen LogP contribution in [0.2, 0.25) is 0 Å². The SMILES string of the molecule is CCC(=O)CCCOc1c(Br)cc(F)cc1[N+](=O)[O-]. The fourth-order valence-corrected chi connectivity index (χ4v) is 1.98. The average molecular weight is 334 g/mol. The van der Waals surface area contributed by atoms with Crippen LogP contribution in [-0.2, 0) is 4.79 Å². The van der Waals surface area contributed by atoms with Crippen molar-refractivity contribution in [2.75, 3.05) is 6.61 Å². The van der Waals surface area contributed by atoms with Gasteiger partial charge in [0.05, 0.1) is 22.1 Å². The fourth-order valence-electron chi connectivity index (χ4n) is 1.45. The lowest BCUT2D eigenvalue weighted by molar-refractivity contribution is -0.386. The zero-order valence-corrected chi connectivity index (χ0v) is 11.9. The molecule has 0 amide bonds. The second-order valence-corrected chi connectivity index (χ2v) is 4.69. The van der Waals surface area contributed by atoms with Crippen LogP contribution >= 0.6 is 15.9 Å². The molecule has 0 N–H and O–H groups in total. The fraction of sp³-hybridized carbons (Fsp3) is 0.417. The third-order valence-electron chi connectivity index (χ3n) is 2.43. The predicted molar refractivity (Wildman–Crippen MR) is 70.8 cm³/mol. The highest BCUT2D eigenvalue weighted by molar-refractivity contribution is 9.10. The Bertz CT molecular complexity index is 493. The molecular formula is C12H13BrFNO4. The van der Waals surface area contributed by atoms with Crippen molar-refractivity contribution in [3.63, 3.8) is 0 Å². The molecule has 5 nitrogen and oxygen atoms in total. The van der Waals surface area contributed by atoms with Gasteiger partial charge >= 0.3 is 5.69 Å². The van der Waals surface area contributed by atoms with Crippen LogP contribution in [0.5, 0.6) is 5.75 Å². The first-order valence-corrected chi connectivity index (χ1v) is 6.53. The standard InChI is InChI=1S/C12H13BrFNO4/c1-2-9(16)4-3-5-19-12-10(13)6-8(14)7-11(12)15(17)18/h6-7H,2-5H2,1H3. The Labute approximate surface area is 118 Å². The van der Waals surface area contributed by atoms with Crippen molar-refractivity contribution in [1.29, 1.82) is 0 Å². The van der Waals surface area contributed by atoms with Crippen molar-refractivity contribution in [2.45, 2.75) is 26.2 Å². The summed E-state index contributed by atoms with van der Waals surface area (Å²) in [5, 5.41) is 10.8. The lowest BCUT2D eigenvalue weighted by Crippen LogP contribution is -2.04. The van der Waals surface area contributed by atoms with Gasteiger partial charge in [-0.15, -0.1) is 0 Å². The lowest BCUT2D eigenvalue weighted by atomic mass is 10.2. The minimum Gasteiger partial charge on any atom is -0.486 e. The Kier molecular flexibility index (Phi) is 5.88. The third kappa shape index (κ3) is 4.59. The molecule has 1 aromatic rings. The number of ether oxygens (including phenoxy) is 1. The van der Waals surface area contributed by atoms with E-state index in [4.69, 9.17) is 4.74 Å². The number of benzene rings is 1. The summed E-state index contributed by atoms with van der Waals surface area (Å²) in [4.78, 5) is 21.2. The zero-order chi connectivity index (χ0) is 14.4. The van der Waals surface area contributed by atoms with Crippen molar-refractivity contribution in [3.8, 4) is 5.75 Å². The topological polar surface area (TPSA) is 69.4 Å². The van der Waals surface area contributed by atoms with E-state index >= 15 is 0 Å². The monoisotopic (exact) mass is 333 g/mol. The molecule has 1 aromatic carbocycles. The number of carbonyl (C=O) groups is 1. The Hall–Kier alpha value is -1.50. The van der Waals surface area contributed by atoms with Gasteiger partial charge in [0.2, 0.25) is 5.75 Å². The second-order valence-electron chi connectivity index (χ2n) is 3.84. The number of nitro benzene ring substituents is 1. The van der Waals surface area contributed by atoms with Crippen LogP contribution in [0.15, 0.2) is 16.6 Å². The molecule has 0 spiro atoms. The largest absolute Gasteiger partial charge is 0.486 e. The van der Waals surface area contributed by atoms with Crippen LogP contribution in [0.3, 0.4) is 0 Å². The van der Waals surface area contributed by atoms with Crippen molar-refractivity contribution >= 4 is 27.4 Å². The molecule has 0 saturated carbocycles. The molecule has 0 aliphatic heterocycles. The maximum atomic E-state index is 13.1. The van der Waals surface area contributed by atoms with Crippen molar-refractivity contribution < 1.29 is 18.8 Å².